The first-order valence-corrected chi connectivity index (χ1v) is 7.61. The monoisotopic (exact) mass is 331 g/mol. The first-order chi connectivity index (χ1) is 11.1. The summed E-state index contributed by atoms with van der Waals surface area (Å²) in [6.45, 7) is 0.522. The van der Waals surface area contributed by atoms with Crippen LogP contribution < -0.4 is 4.90 Å². The highest BCUT2D eigenvalue weighted by Crippen LogP contribution is 2.34. The Labute approximate surface area is 137 Å². The summed E-state index contributed by atoms with van der Waals surface area (Å²) in [6.07, 6.45) is 3.66. The van der Waals surface area contributed by atoms with Crippen LogP contribution in [0.3, 0.4) is 0 Å². The van der Waals surface area contributed by atoms with Gasteiger partial charge in [-0.1, -0.05) is 17.7 Å². The molecule has 0 aliphatic heterocycles. The second kappa shape index (κ2) is 6.34. The molecule has 1 aromatic heterocycles. The summed E-state index contributed by atoms with van der Waals surface area (Å²) in [6, 6.07) is 9.51. The van der Waals surface area contributed by atoms with Gasteiger partial charge in [0.1, 0.15) is 10.7 Å². The number of nitrogens with zero attached hydrogens (tertiary/aromatic N) is 3. The number of hydrogen-bond donors (Lipinski definition) is 0. The number of nitro benzene ring substituents is 1. The molecule has 0 N–H and O–H groups in total. The van der Waals surface area contributed by atoms with Gasteiger partial charge in [0.15, 0.2) is 0 Å². The van der Waals surface area contributed by atoms with Crippen molar-refractivity contribution in [1.82, 2.24) is 4.98 Å². The molecule has 118 valence electrons. The minimum Gasteiger partial charge on any atom is -0.306 e. The molecule has 7 heteroatoms. The molecule has 1 amide bonds. The Morgan fingerprint density at radius 3 is 2.74 bits per heavy atom. The smallest absolute Gasteiger partial charge is 0.289 e. The maximum absolute atomic E-state index is 12.7. The second-order valence-electron chi connectivity index (χ2n) is 5.47. The Hall–Kier alpha value is -2.47. The molecule has 1 aliphatic carbocycles. The summed E-state index contributed by atoms with van der Waals surface area (Å²) in [5, 5.41) is 11.1. The lowest BCUT2D eigenvalue weighted by atomic mass is 10.2. The quantitative estimate of drug-likeness (QED) is 0.618. The Kier molecular flexibility index (Phi) is 4.25. The summed E-state index contributed by atoms with van der Waals surface area (Å²) in [7, 11) is 0. The van der Waals surface area contributed by atoms with Gasteiger partial charge < -0.3 is 4.90 Å². The Balaban J connectivity index is 1.97. The molecule has 0 radical (unpaired) electrons. The fraction of sp³-hybridized carbons (Fsp3) is 0.250. The Morgan fingerprint density at radius 1 is 1.35 bits per heavy atom. The highest BCUT2D eigenvalue weighted by molar-refractivity contribution is 6.32. The number of carbonyl (C=O) groups excluding carboxylic acids is 1. The minimum absolute atomic E-state index is 0.0513. The maximum Gasteiger partial charge on any atom is 0.289 e. The van der Waals surface area contributed by atoms with Crippen molar-refractivity contribution in [2.45, 2.75) is 12.8 Å². The molecule has 1 heterocycles. The van der Waals surface area contributed by atoms with Crippen molar-refractivity contribution in [2.24, 2.45) is 5.92 Å². The lowest BCUT2D eigenvalue weighted by molar-refractivity contribution is -0.384. The van der Waals surface area contributed by atoms with E-state index in [4.69, 9.17) is 11.6 Å². The van der Waals surface area contributed by atoms with Gasteiger partial charge in [0.05, 0.1) is 10.6 Å². The maximum atomic E-state index is 12.7. The van der Waals surface area contributed by atoms with Crippen LogP contribution in [-0.2, 0) is 0 Å². The molecule has 1 fully saturated rings. The fourth-order valence-electron chi connectivity index (χ4n) is 2.30. The summed E-state index contributed by atoms with van der Waals surface area (Å²) < 4.78 is 0. The predicted molar refractivity (Wildman–Crippen MR) is 86.7 cm³/mol. The molecule has 0 atom stereocenters. The third-order valence-corrected chi connectivity index (χ3v) is 4.02. The van der Waals surface area contributed by atoms with Crippen molar-refractivity contribution in [2.75, 3.05) is 11.4 Å². The normalized spacial score (nSPS) is 13.6. The van der Waals surface area contributed by atoms with Crippen molar-refractivity contribution >= 4 is 28.9 Å². The van der Waals surface area contributed by atoms with E-state index in [1.54, 1.807) is 35.4 Å². The van der Waals surface area contributed by atoms with Crippen LogP contribution in [0.4, 0.5) is 11.4 Å². The zero-order chi connectivity index (χ0) is 16.4. The standard InChI is InChI=1S/C16H14ClN3O3/c17-13-7-6-12(9-15(13)20(22)23)19(10-11-4-5-11)16(21)14-3-1-2-8-18-14/h1-3,6-9,11H,4-5,10H2. The molecular weight excluding hydrogens is 318 g/mol. The highest BCUT2D eigenvalue weighted by atomic mass is 35.5. The lowest BCUT2D eigenvalue weighted by Gasteiger charge is -2.22. The van der Waals surface area contributed by atoms with E-state index in [1.165, 1.54) is 12.1 Å². The van der Waals surface area contributed by atoms with Crippen LogP contribution in [-0.4, -0.2) is 22.4 Å². The molecule has 3 rings (SSSR count). The molecule has 1 aliphatic rings. The van der Waals surface area contributed by atoms with Crippen LogP contribution in [0.25, 0.3) is 0 Å². The van der Waals surface area contributed by atoms with Gasteiger partial charge in [-0.3, -0.25) is 19.9 Å². The lowest BCUT2D eigenvalue weighted by Crippen LogP contribution is -2.33. The summed E-state index contributed by atoms with van der Waals surface area (Å²) in [5.74, 6) is 0.159. The van der Waals surface area contributed by atoms with Crippen LogP contribution >= 0.6 is 11.6 Å². The van der Waals surface area contributed by atoms with E-state index < -0.39 is 4.92 Å². The van der Waals surface area contributed by atoms with Gasteiger partial charge in [0.2, 0.25) is 0 Å². The number of nitro groups is 1. The van der Waals surface area contributed by atoms with Crippen LogP contribution in [0.15, 0.2) is 42.6 Å². The average molecular weight is 332 g/mol. The van der Waals surface area contributed by atoms with Crippen LogP contribution in [0, 0.1) is 16.0 Å². The van der Waals surface area contributed by atoms with Gasteiger partial charge in [0.25, 0.3) is 11.6 Å². The largest absolute Gasteiger partial charge is 0.306 e. The summed E-state index contributed by atoms with van der Waals surface area (Å²) in [4.78, 5) is 28.9. The number of aromatic nitrogens is 1. The van der Waals surface area contributed by atoms with E-state index in [0.717, 1.165) is 12.8 Å². The molecule has 1 saturated carbocycles. The van der Waals surface area contributed by atoms with Crippen molar-refractivity contribution < 1.29 is 9.72 Å². The first kappa shape index (κ1) is 15.4. The molecule has 6 nitrogen and oxygen atoms in total. The fourth-order valence-corrected chi connectivity index (χ4v) is 2.49. The van der Waals surface area contributed by atoms with Gasteiger partial charge in [-0.25, -0.2) is 0 Å². The van der Waals surface area contributed by atoms with E-state index in [0.29, 0.717) is 23.8 Å². The second-order valence-corrected chi connectivity index (χ2v) is 5.87. The van der Waals surface area contributed by atoms with Crippen LogP contribution in [0.2, 0.25) is 5.02 Å². The summed E-state index contributed by atoms with van der Waals surface area (Å²) >= 11 is 5.85. The number of halogens is 1. The average Bonchev–Trinajstić information content (AvgIpc) is 3.37. The van der Waals surface area contributed by atoms with E-state index in [9.17, 15) is 14.9 Å². The van der Waals surface area contributed by atoms with Gasteiger partial charge in [-0.05, 0) is 43.0 Å². The number of anilines is 1. The van der Waals surface area contributed by atoms with Gasteiger partial charge in [-0.15, -0.1) is 0 Å². The van der Waals surface area contributed by atoms with E-state index in [-0.39, 0.29) is 16.6 Å². The number of pyridine rings is 1. The molecule has 0 saturated heterocycles. The third kappa shape index (κ3) is 3.48. The van der Waals surface area contributed by atoms with Gasteiger partial charge in [-0.2, -0.15) is 0 Å². The van der Waals surface area contributed by atoms with Crippen molar-refractivity contribution in [1.29, 1.82) is 0 Å². The van der Waals surface area contributed by atoms with Crippen molar-refractivity contribution in [3.8, 4) is 0 Å². The van der Waals surface area contributed by atoms with Gasteiger partial charge in [0, 0.05) is 18.8 Å². The van der Waals surface area contributed by atoms with Crippen molar-refractivity contribution in [3.05, 3.63) is 63.4 Å². The molecule has 2 aromatic rings. The van der Waals surface area contributed by atoms with E-state index in [2.05, 4.69) is 4.98 Å². The number of carbonyl (C=O) groups is 1. The predicted octanol–water partition coefficient (Wildman–Crippen LogP) is 3.70. The zero-order valence-corrected chi connectivity index (χ0v) is 12.9. The van der Waals surface area contributed by atoms with Crippen LogP contribution in [0.5, 0.6) is 0 Å². The van der Waals surface area contributed by atoms with E-state index in [1.807, 2.05) is 0 Å². The number of hydrogen-bond acceptors (Lipinski definition) is 4. The van der Waals surface area contributed by atoms with Crippen molar-refractivity contribution in [3.63, 3.8) is 0 Å². The molecule has 0 unspecified atom stereocenters. The molecule has 1 aromatic carbocycles. The van der Waals surface area contributed by atoms with Gasteiger partial charge >= 0.3 is 0 Å². The molecule has 23 heavy (non-hydrogen) atoms. The first-order valence-electron chi connectivity index (χ1n) is 7.23. The highest BCUT2D eigenvalue weighted by Gasteiger charge is 2.29. The number of rotatable bonds is 5. The minimum atomic E-state index is -0.549. The Bertz CT molecular complexity index is 747. The number of amides is 1. The Morgan fingerprint density at radius 2 is 2.13 bits per heavy atom. The SMILES string of the molecule is O=C(c1ccccn1)N(CC1CC1)c1ccc(Cl)c([N+](=O)[O-])c1. The topological polar surface area (TPSA) is 76.3 Å². The summed E-state index contributed by atoms with van der Waals surface area (Å²) in [5.41, 5.74) is 0.563. The van der Waals surface area contributed by atoms with Crippen LogP contribution in [0.1, 0.15) is 23.3 Å². The van der Waals surface area contributed by atoms with E-state index >= 15 is 0 Å². The molecule has 0 bridgehead atoms. The number of benzene rings is 1. The molecular formula is C16H14ClN3O3. The third-order valence-electron chi connectivity index (χ3n) is 3.70. The zero-order valence-electron chi connectivity index (χ0n) is 12.2. The molecule has 0 spiro atoms.